The van der Waals surface area contributed by atoms with Gasteiger partial charge in [0.2, 0.25) is 11.8 Å². The monoisotopic (exact) mass is 642 g/mol. The number of nitrogens with one attached hydrogen (secondary N) is 3. The van der Waals surface area contributed by atoms with Crippen LogP contribution in [0.3, 0.4) is 0 Å². The Morgan fingerprint density at radius 2 is 1.67 bits per heavy atom. The van der Waals surface area contributed by atoms with Crippen molar-refractivity contribution in [1.82, 2.24) is 15.5 Å². The Balaban J connectivity index is 1.30. The van der Waals surface area contributed by atoms with Gasteiger partial charge >= 0.3 is 0 Å². The first kappa shape index (κ1) is 33.2. The first-order valence-corrected chi connectivity index (χ1v) is 16.7. The minimum absolute atomic E-state index is 0.121. The number of ether oxygens (including phenoxy) is 1. The third-order valence-corrected chi connectivity index (χ3v) is 10.1. The lowest BCUT2D eigenvalue weighted by molar-refractivity contribution is -0.147. The van der Waals surface area contributed by atoms with Gasteiger partial charge in [0.25, 0.3) is 5.91 Å². The van der Waals surface area contributed by atoms with E-state index in [-0.39, 0.29) is 36.6 Å². The Hall–Kier alpha value is -4.15. The van der Waals surface area contributed by atoms with Gasteiger partial charge in [0.05, 0.1) is 24.4 Å². The zero-order valence-electron chi connectivity index (χ0n) is 26.2. The molecule has 4 N–H and O–H groups in total. The van der Waals surface area contributed by atoms with Crippen molar-refractivity contribution in [3.8, 4) is 5.75 Å². The van der Waals surface area contributed by atoms with E-state index in [4.69, 9.17) is 10.1 Å². The number of carbonyl (C=O) groups excluding carboxylic acids is 3. The molecule has 0 unspecified atom stereocenters. The molecule has 1 fully saturated rings. The van der Waals surface area contributed by atoms with Gasteiger partial charge in [-0.3, -0.25) is 14.4 Å². The fourth-order valence-corrected chi connectivity index (χ4v) is 7.35. The molecule has 0 aliphatic carbocycles. The minimum atomic E-state index is -1.49. The van der Waals surface area contributed by atoms with Crippen LogP contribution < -0.4 is 15.4 Å². The molecule has 3 aromatic carbocycles. The van der Waals surface area contributed by atoms with E-state index in [1.165, 1.54) is 22.9 Å². The molecule has 46 heavy (non-hydrogen) atoms. The molecule has 242 valence electrons. The molecule has 10 heteroatoms. The number of thioether (sulfide) groups is 1. The summed E-state index contributed by atoms with van der Waals surface area (Å²) < 4.78 is 5.25. The molecular weight excluding hydrogens is 600 g/mol. The molecule has 0 spiro atoms. The van der Waals surface area contributed by atoms with Crippen molar-refractivity contribution >= 4 is 35.7 Å². The van der Waals surface area contributed by atoms with Gasteiger partial charge in [-0.2, -0.15) is 0 Å². The molecule has 0 saturated carbocycles. The van der Waals surface area contributed by atoms with Gasteiger partial charge in [-0.25, -0.2) is 0 Å². The number of rotatable bonds is 12. The molecule has 0 bridgehead atoms. The predicted octanol–water partition coefficient (Wildman–Crippen LogP) is 4.15. The Morgan fingerprint density at radius 1 is 1.02 bits per heavy atom. The highest BCUT2D eigenvalue weighted by Crippen LogP contribution is 2.40. The number of benzene rings is 3. The average molecular weight is 643 g/mol. The van der Waals surface area contributed by atoms with Crippen LogP contribution in [0.4, 0.5) is 0 Å². The highest BCUT2D eigenvalue weighted by molar-refractivity contribution is 8.00. The smallest absolute Gasteiger partial charge is 0.252 e. The Labute approximate surface area is 274 Å². The van der Waals surface area contributed by atoms with Crippen molar-refractivity contribution in [1.29, 1.82) is 5.41 Å². The number of para-hydroxylation sites is 1. The normalized spacial score (nSPS) is 21.3. The molecule has 2 aliphatic heterocycles. The number of hydrogen-bond acceptors (Lipinski definition) is 7. The lowest BCUT2D eigenvalue weighted by Gasteiger charge is -2.34. The van der Waals surface area contributed by atoms with Crippen LogP contribution in [-0.2, 0) is 27.2 Å². The number of hydrogen-bond donors (Lipinski definition) is 4. The molecular formula is C36H42N4O5S. The molecule has 3 amide bonds. The fraction of sp³-hybridized carbons (Fsp3) is 0.389. The highest BCUT2D eigenvalue weighted by Gasteiger charge is 2.49. The van der Waals surface area contributed by atoms with E-state index >= 15 is 0 Å². The largest absolute Gasteiger partial charge is 0.492 e. The van der Waals surface area contributed by atoms with E-state index in [1.807, 2.05) is 98.8 Å². The second kappa shape index (κ2) is 15.0. The van der Waals surface area contributed by atoms with Crippen LogP contribution in [0, 0.1) is 17.2 Å². The van der Waals surface area contributed by atoms with E-state index in [0.29, 0.717) is 25.1 Å². The van der Waals surface area contributed by atoms with Gasteiger partial charge in [0.15, 0.2) is 0 Å². The van der Waals surface area contributed by atoms with Crippen LogP contribution in [-0.4, -0.2) is 69.9 Å². The van der Waals surface area contributed by atoms with Crippen molar-refractivity contribution in [2.75, 3.05) is 19.0 Å². The average Bonchev–Trinajstić information content (AvgIpc) is 3.39. The van der Waals surface area contributed by atoms with Crippen LogP contribution >= 0.6 is 11.8 Å². The van der Waals surface area contributed by atoms with Gasteiger partial charge in [-0.1, -0.05) is 78.9 Å². The summed E-state index contributed by atoms with van der Waals surface area (Å²) in [4.78, 5) is 42.7. The molecule has 3 aromatic rings. The molecule has 0 radical (unpaired) electrons. The molecule has 2 heterocycles. The van der Waals surface area contributed by atoms with Crippen LogP contribution in [0.5, 0.6) is 5.75 Å². The topological polar surface area (TPSA) is 132 Å². The first-order valence-electron chi connectivity index (χ1n) is 15.7. The van der Waals surface area contributed by atoms with Crippen molar-refractivity contribution in [2.45, 2.75) is 56.0 Å². The third kappa shape index (κ3) is 7.79. The Bertz CT molecular complexity index is 1520. The van der Waals surface area contributed by atoms with Crippen molar-refractivity contribution in [3.05, 3.63) is 102 Å². The van der Waals surface area contributed by atoms with Gasteiger partial charge in [-0.05, 0) is 50.3 Å². The van der Waals surface area contributed by atoms with Crippen molar-refractivity contribution < 1.29 is 24.2 Å². The SMILES string of the molecule is CC1(C)SCN(C(=O)[C@@H](O)C[C@@H](Cc2ccccc2)C(=O)N[C@H]2c3ccccc3OC[C@H]2C=N)[C@@H]1C(=O)NCCc1ccccc1. The van der Waals surface area contributed by atoms with Gasteiger partial charge < -0.3 is 30.8 Å². The fourth-order valence-electron chi connectivity index (χ4n) is 6.21. The second-order valence-electron chi connectivity index (χ2n) is 12.4. The number of carbonyl (C=O) groups is 3. The molecule has 0 aromatic heterocycles. The quantitative estimate of drug-likeness (QED) is 0.220. The Morgan fingerprint density at radius 3 is 2.37 bits per heavy atom. The maximum atomic E-state index is 13.9. The number of nitrogens with zero attached hydrogens (tertiary/aromatic N) is 1. The maximum absolute atomic E-state index is 13.9. The summed E-state index contributed by atoms with van der Waals surface area (Å²) >= 11 is 1.49. The zero-order valence-corrected chi connectivity index (χ0v) is 27.0. The zero-order chi connectivity index (χ0) is 32.7. The van der Waals surface area contributed by atoms with Gasteiger partial charge in [0.1, 0.15) is 17.9 Å². The summed E-state index contributed by atoms with van der Waals surface area (Å²) in [5.41, 5.74) is 2.78. The molecule has 5 atom stereocenters. The van der Waals surface area contributed by atoms with Crippen LogP contribution in [0.2, 0.25) is 0 Å². The van der Waals surface area contributed by atoms with E-state index in [0.717, 1.165) is 16.7 Å². The van der Waals surface area contributed by atoms with E-state index in [9.17, 15) is 19.5 Å². The number of aliphatic hydroxyl groups excluding tert-OH is 1. The van der Waals surface area contributed by atoms with Crippen LogP contribution in [0.1, 0.15) is 43.0 Å². The number of fused-ring (bicyclic) bond motifs is 1. The standard InChI is InChI=1S/C36H42N4O5S/c1-36(2)32(34(43)38-18-17-24-11-5-3-6-12-24)40(23-46-36)35(44)29(41)20-26(19-25-13-7-4-8-14-25)33(42)39-31-27(21-37)22-45-30-16-10-9-15-28(30)31/h3-16,21,26-27,29,31-32,37,41H,17-20,22-23H2,1-2H3,(H,38,43)(H,39,42)/t26-,27-,29+,31-,32-/m1/s1. The van der Waals surface area contributed by atoms with E-state index in [1.54, 1.807) is 0 Å². The molecule has 2 aliphatic rings. The van der Waals surface area contributed by atoms with Crippen LogP contribution in [0.15, 0.2) is 84.9 Å². The van der Waals surface area contributed by atoms with Crippen molar-refractivity contribution in [2.24, 2.45) is 11.8 Å². The number of aliphatic hydroxyl groups is 1. The first-order chi connectivity index (χ1) is 22.2. The lowest BCUT2D eigenvalue weighted by atomic mass is 9.88. The summed E-state index contributed by atoms with van der Waals surface area (Å²) in [7, 11) is 0. The summed E-state index contributed by atoms with van der Waals surface area (Å²) in [6.07, 6.45) is 0.637. The summed E-state index contributed by atoms with van der Waals surface area (Å²) in [5, 5.41) is 25.4. The summed E-state index contributed by atoms with van der Waals surface area (Å²) in [6, 6.07) is 25.5. The summed E-state index contributed by atoms with van der Waals surface area (Å²) in [5.74, 6) is -1.35. The van der Waals surface area contributed by atoms with E-state index < -0.39 is 34.8 Å². The second-order valence-corrected chi connectivity index (χ2v) is 14.0. The number of amides is 3. The molecule has 9 nitrogen and oxygen atoms in total. The van der Waals surface area contributed by atoms with E-state index in [2.05, 4.69) is 10.6 Å². The highest BCUT2D eigenvalue weighted by atomic mass is 32.2. The van der Waals surface area contributed by atoms with Crippen molar-refractivity contribution in [3.63, 3.8) is 0 Å². The minimum Gasteiger partial charge on any atom is -0.492 e. The Kier molecular flexibility index (Phi) is 10.8. The van der Waals surface area contributed by atoms with Gasteiger partial charge in [-0.15, -0.1) is 11.8 Å². The maximum Gasteiger partial charge on any atom is 0.252 e. The molecule has 1 saturated heterocycles. The molecule has 5 rings (SSSR count). The summed E-state index contributed by atoms with van der Waals surface area (Å²) in [6.45, 7) is 4.54. The van der Waals surface area contributed by atoms with Gasteiger partial charge in [0, 0.05) is 29.0 Å². The third-order valence-electron chi connectivity index (χ3n) is 8.75. The lowest BCUT2D eigenvalue weighted by Crippen LogP contribution is -2.55. The van der Waals surface area contributed by atoms with Crippen LogP contribution in [0.25, 0.3) is 0 Å². The predicted molar refractivity (Wildman–Crippen MR) is 180 cm³/mol.